The maximum atomic E-state index is 5.88. The zero-order valence-electron chi connectivity index (χ0n) is 11.4. The Balaban J connectivity index is 0.00000162. The first-order valence-electron chi connectivity index (χ1n) is 6.77. The van der Waals surface area contributed by atoms with E-state index in [0.29, 0.717) is 5.96 Å². The van der Waals surface area contributed by atoms with Crippen molar-refractivity contribution in [1.82, 2.24) is 5.32 Å². The first-order valence-corrected chi connectivity index (χ1v) is 6.77. The van der Waals surface area contributed by atoms with Gasteiger partial charge in [0.25, 0.3) is 0 Å². The molecule has 106 valence electrons. The second kappa shape index (κ2) is 6.93. The predicted molar refractivity (Wildman–Crippen MR) is 85.4 cm³/mol. The second-order valence-electron chi connectivity index (χ2n) is 5.94. The fraction of sp³-hybridized carbons (Fsp3) is 0.923. The molecule has 1 heterocycles. The van der Waals surface area contributed by atoms with Crippen molar-refractivity contribution in [3.05, 3.63) is 0 Å². The van der Waals surface area contributed by atoms with Crippen LogP contribution in [-0.2, 0) is 4.74 Å². The SMILES string of the molecule is CC1(C)CCC(CNC(N)=NCC2CCC2)O1.I. The van der Waals surface area contributed by atoms with Crippen LogP contribution in [0.5, 0.6) is 0 Å². The van der Waals surface area contributed by atoms with E-state index in [0.717, 1.165) is 31.8 Å². The first-order chi connectivity index (χ1) is 8.05. The van der Waals surface area contributed by atoms with Crippen molar-refractivity contribution in [2.24, 2.45) is 16.6 Å². The highest BCUT2D eigenvalue weighted by atomic mass is 127. The number of hydrogen-bond donors (Lipinski definition) is 2. The summed E-state index contributed by atoms with van der Waals surface area (Å²) < 4.78 is 5.88. The van der Waals surface area contributed by atoms with Gasteiger partial charge in [-0.15, -0.1) is 24.0 Å². The van der Waals surface area contributed by atoms with Crippen LogP contribution in [0.2, 0.25) is 0 Å². The van der Waals surface area contributed by atoms with Gasteiger partial charge in [-0.1, -0.05) is 6.42 Å². The van der Waals surface area contributed by atoms with Gasteiger partial charge < -0.3 is 15.8 Å². The monoisotopic (exact) mass is 367 g/mol. The molecule has 2 aliphatic rings. The highest BCUT2D eigenvalue weighted by molar-refractivity contribution is 14.0. The molecule has 1 saturated carbocycles. The van der Waals surface area contributed by atoms with Gasteiger partial charge in [0.05, 0.1) is 11.7 Å². The normalized spacial score (nSPS) is 27.4. The summed E-state index contributed by atoms with van der Waals surface area (Å²) in [5.41, 5.74) is 5.86. The van der Waals surface area contributed by atoms with Crippen molar-refractivity contribution in [2.45, 2.75) is 57.7 Å². The van der Waals surface area contributed by atoms with Crippen LogP contribution in [0.25, 0.3) is 0 Å². The lowest BCUT2D eigenvalue weighted by Gasteiger charge is -2.23. The summed E-state index contributed by atoms with van der Waals surface area (Å²) in [7, 11) is 0. The van der Waals surface area contributed by atoms with E-state index in [1.165, 1.54) is 19.3 Å². The molecule has 5 heteroatoms. The van der Waals surface area contributed by atoms with Gasteiger partial charge in [-0.25, -0.2) is 0 Å². The third-order valence-corrected chi connectivity index (χ3v) is 3.81. The van der Waals surface area contributed by atoms with E-state index < -0.39 is 0 Å². The van der Waals surface area contributed by atoms with Gasteiger partial charge in [-0.3, -0.25) is 4.99 Å². The number of nitrogens with two attached hydrogens (primary N) is 1. The van der Waals surface area contributed by atoms with Crippen LogP contribution in [-0.4, -0.2) is 30.8 Å². The molecular weight excluding hydrogens is 341 g/mol. The third kappa shape index (κ3) is 4.91. The van der Waals surface area contributed by atoms with Gasteiger partial charge in [0.1, 0.15) is 0 Å². The Morgan fingerprint density at radius 2 is 2.11 bits per heavy atom. The predicted octanol–water partition coefficient (Wildman–Crippen LogP) is 2.27. The van der Waals surface area contributed by atoms with Crippen LogP contribution in [0.15, 0.2) is 4.99 Å². The van der Waals surface area contributed by atoms with Gasteiger partial charge in [-0.05, 0) is 45.4 Å². The minimum absolute atomic E-state index is 0. The van der Waals surface area contributed by atoms with E-state index in [1.54, 1.807) is 0 Å². The molecule has 1 aliphatic heterocycles. The van der Waals surface area contributed by atoms with Gasteiger partial charge >= 0.3 is 0 Å². The summed E-state index contributed by atoms with van der Waals surface area (Å²) >= 11 is 0. The minimum atomic E-state index is 0. The lowest BCUT2D eigenvalue weighted by molar-refractivity contribution is -0.0125. The van der Waals surface area contributed by atoms with Gasteiger partial charge in [0.2, 0.25) is 0 Å². The van der Waals surface area contributed by atoms with E-state index in [1.807, 2.05) is 0 Å². The molecule has 0 aromatic carbocycles. The van der Waals surface area contributed by atoms with Crippen LogP contribution >= 0.6 is 24.0 Å². The van der Waals surface area contributed by atoms with E-state index in [2.05, 4.69) is 24.2 Å². The van der Waals surface area contributed by atoms with E-state index >= 15 is 0 Å². The van der Waals surface area contributed by atoms with Crippen molar-refractivity contribution < 1.29 is 4.74 Å². The van der Waals surface area contributed by atoms with Crippen molar-refractivity contribution in [1.29, 1.82) is 0 Å². The maximum Gasteiger partial charge on any atom is 0.188 e. The molecule has 0 bridgehead atoms. The van der Waals surface area contributed by atoms with Crippen LogP contribution in [0, 0.1) is 5.92 Å². The highest BCUT2D eigenvalue weighted by Crippen LogP contribution is 2.28. The molecule has 1 saturated heterocycles. The number of rotatable bonds is 4. The van der Waals surface area contributed by atoms with Crippen LogP contribution in [0.4, 0.5) is 0 Å². The first kappa shape index (κ1) is 16.0. The van der Waals surface area contributed by atoms with Crippen LogP contribution < -0.4 is 11.1 Å². The number of halogens is 1. The van der Waals surface area contributed by atoms with Crippen molar-refractivity contribution in [3.63, 3.8) is 0 Å². The number of nitrogens with one attached hydrogen (secondary N) is 1. The Morgan fingerprint density at radius 3 is 2.61 bits per heavy atom. The lowest BCUT2D eigenvalue weighted by atomic mass is 9.86. The zero-order chi connectivity index (χ0) is 12.3. The van der Waals surface area contributed by atoms with E-state index in [-0.39, 0.29) is 35.7 Å². The standard InChI is InChI=1S/C13H25N3O.HI/c1-13(2)7-6-11(17-13)9-16-12(14)15-8-10-4-3-5-10;/h10-11H,3-9H2,1-2H3,(H3,14,15,16);1H. The molecule has 2 rings (SSSR count). The summed E-state index contributed by atoms with van der Waals surface area (Å²) in [5, 5.41) is 3.17. The molecule has 1 aliphatic carbocycles. The Kier molecular flexibility index (Phi) is 6.17. The molecule has 0 spiro atoms. The smallest absolute Gasteiger partial charge is 0.188 e. The third-order valence-electron chi connectivity index (χ3n) is 3.81. The topological polar surface area (TPSA) is 59.6 Å². The zero-order valence-corrected chi connectivity index (χ0v) is 13.8. The number of nitrogens with zero attached hydrogens (tertiary/aromatic N) is 1. The molecule has 0 amide bonds. The van der Waals surface area contributed by atoms with Gasteiger partial charge in [0.15, 0.2) is 5.96 Å². The average Bonchev–Trinajstić information content (AvgIpc) is 2.53. The molecule has 2 fully saturated rings. The quantitative estimate of drug-likeness (QED) is 0.455. The Bertz CT molecular complexity index is 290. The summed E-state index contributed by atoms with van der Waals surface area (Å²) in [6.07, 6.45) is 6.50. The van der Waals surface area contributed by atoms with Gasteiger partial charge in [-0.2, -0.15) is 0 Å². The molecule has 1 atom stereocenters. The van der Waals surface area contributed by atoms with Crippen molar-refractivity contribution in [3.8, 4) is 0 Å². The highest BCUT2D eigenvalue weighted by Gasteiger charge is 2.31. The lowest BCUT2D eigenvalue weighted by Crippen LogP contribution is -2.38. The summed E-state index contributed by atoms with van der Waals surface area (Å²) in [4.78, 5) is 4.37. The van der Waals surface area contributed by atoms with Gasteiger partial charge in [0, 0.05) is 13.1 Å². The fourth-order valence-electron chi connectivity index (χ4n) is 2.40. The Labute approximate surface area is 127 Å². The molecule has 4 nitrogen and oxygen atoms in total. The summed E-state index contributed by atoms with van der Waals surface area (Å²) in [6, 6.07) is 0. The van der Waals surface area contributed by atoms with E-state index in [4.69, 9.17) is 10.5 Å². The molecule has 18 heavy (non-hydrogen) atoms. The van der Waals surface area contributed by atoms with Crippen molar-refractivity contribution in [2.75, 3.05) is 13.1 Å². The molecule has 0 aromatic rings. The number of hydrogen-bond acceptors (Lipinski definition) is 2. The molecule has 3 N–H and O–H groups in total. The maximum absolute atomic E-state index is 5.88. The molecule has 0 radical (unpaired) electrons. The number of ether oxygens (including phenoxy) is 1. The summed E-state index contributed by atoms with van der Waals surface area (Å²) in [6.45, 7) is 5.95. The number of aliphatic imine (C=N–C) groups is 1. The van der Waals surface area contributed by atoms with Crippen LogP contribution in [0.1, 0.15) is 46.0 Å². The van der Waals surface area contributed by atoms with Crippen molar-refractivity contribution >= 4 is 29.9 Å². The fourth-order valence-corrected chi connectivity index (χ4v) is 2.40. The Morgan fingerprint density at radius 1 is 1.39 bits per heavy atom. The second-order valence-corrected chi connectivity index (χ2v) is 5.94. The average molecular weight is 367 g/mol. The Hall–Kier alpha value is -0.0400. The number of guanidine groups is 1. The largest absolute Gasteiger partial charge is 0.371 e. The molecular formula is C13H26IN3O. The minimum Gasteiger partial charge on any atom is -0.371 e. The summed E-state index contributed by atoms with van der Waals surface area (Å²) in [5.74, 6) is 1.35. The van der Waals surface area contributed by atoms with E-state index in [9.17, 15) is 0 Å². The van der Waals surface area contributed by atoms with Crippen LogP contribution in [0.3, 0.4) is 0 Å². The molecule has 1 unspecified atom stereocenters. The molecule has 0 aromatic heterocycles.